The molecule has 0 aliphatic carbocycles. The number of methoxy groups -OCH3 is 1. The van der Waals surface area contributed by atoms with Gasteiger partial charge >= 0.3 is 0 Å². The van der Waals surface area contributed by atoms with E-state index >= 15 is 0 Å². The summed E-state index contributed by atoms with van der Waals surface area (Å²) in [5.41, 5.74) is 3.22. The van der Waals surface area contributed by atoms with Crippen molar-refractivity contribution >= 4 is 16.9 Å². The number of benzene rings is 1. The molecule has 0 atom stereocenters. The maximum atomic E-state index is 5.16. The van der Waals surface area contributed by atoms with Gasteiger partial charge in [0.1, 0.15) is 23.5 Å². The number of nitrogens with one attached hydrogen (secondary N) is 2. The van der Waals surface area contributed by atoms with Gasteiger partial charge in [0.2, 0.25) is 0 Å². The van der Waals surface area contributed by atoms with Crippen LogP contribution in [0.3, 0.4) is 0 Å². The van der Waals surface area contributed by atoms with Crippen LogP contribution in [-0.2, 0) is 6.42 Å². The summed E-state index contributed by atoms with van der Waals surface area (Å²) in [7, 11) is 1.68. The fraction of sp³-hybridized carbons (Fsp3) is 0.250. The van der Waals surface area contributed by atoms with Crippen molar-refractivity contribution in [3.05, 3.63) is 47.9 Å². The number of aromatic amines is 1. The van der Waals surface area contributed by atoms with Gasteiger partial charge in [0.05, 0.1) is 12.5 Å². The molecule has 0 radical (unpaired) electrons. The molecule has 108 valence electrons. The van der Waals surface area contributed by atoms with Gasteiger partial charge in [0.15, 0.2) is 0 Å². The second-order valence-electron chi connectivity index (χ2n) is 4.96. The minimum absolute atomic E-state index is 0.822. The van der Waals surface area contributed by atoms with Crippen LogP contribution in [-0.4, -0.2) is 28.6 Å². The van der Waals surface area contributed by atoms with Crippen LogP contribution in [0.2, 0.25) is 0 Å². The number of H-pyrrole nitrogens is 1. The van der Waals surface area contributed by atoms with Gasteiger partial charge in [-0.05, 0) is 37.1 Å². The highest BCUT2D eigenvalue weighted by Gasteiger charge is 2.05. The highest BCUT2D eigenvalue weighted by molar-refractivity contribution is 5.87. The topological polar surface area (TPSA) is 62.8 Å². The number of fused-ring (bicyclic) bond motifs is 1. The van der Waals surface area contributed by atoms with E-state index in [0.717, 1.165) is 41.3 Å². The molecule has 0 amide bonds. The number of hydrogen-bond donors (Lipinski definition) is 2. The first-order valence-electron chi connectivity index (χ1n) is 6.93. The molecule has 0 saturated heterocycles. The van der Waals surface area contributed by atoms with E-state index < -0.39 is 0 Å². The highest BCUT2D eigenvalue weighted by atomic mass is 16.5. The van der Waals surface area contributed by atoms with E-state index in [1.807, 2.05) is 19.1 Å². The SMILES string of the molecule is COc1ccc(CCNc2ncnc3[nH]c(C)cc23)cc1. The zero-order valence-electron chi connectivity index (χ0n) is 12.2. The number of aryl methyl sites for hydroxylation is 1. The average molecular weight is 282 g/mol. The Labute approximate surface area is 123 Å². The number of anilines is 1. The Kier molecular flexibility index (Phi) is 3.73. The summed E-state index contributed by atoms with van der Waals surface area (Å²) in [6, 6.07) is 10.2. The van der Waals surface area contributed by atoms with Gasteiger partial charge in [-0.25, -0.2) is 9.97 Å². The van der Waals surface area contributed by atoms with Gasteiger partial charge in [-0.3, -0.25) is 0 Å². The minimum Gasteiger partial charge on any atom is -0.497 e. The van der Waals surface area contributed by atoms with Crippen molar-refractivity contribution in [1.29, 1.82) is 0 Å². The van der Waals surface area contributed by atoms with Crippen molar-refractivity contribution in [3.8, 4) is 5.75 Å². The predicted molar refractivity (Wildman–Crippen MR) is 83.8 cm³/mol. The third-order valence-corrected chi connectivity index (χ3v) is 3.43. The molecule has 0 fully saturated rings. The predicted octanol–water partition coefficient (Wildman–Crippen LogP) is 2.93. The number of hydrogen-bond acceptors (Lipinski definition) is 4. The van der Waals surface area contributed by atoms with E-state index in [0.29, 0.717) is 0 Å². The molecule has 5 heteroatoms. The van der Waals surface area contributed by atoms with E-state index in [-0.39, 0.29) is 0 Å². The lowest BCUT2D eigenvalue weighted by Crippen LogP contribution is -2.06. The van der Waals surface area contributed by atoms with Crippen LogP contribution in [0.15, 0.2) is 36.7 Å². The summed E-state index contributed by atoms with van der Waals surface area (Å²) in [6.07, 6.45) is 2.51. The molecular formula is C16H18N4O. The normalized spacial score (nSPS) is 10.8. The average Bonchev–Trinajstić information content (AvgIpc) is 2.89. The lowest BCUT2D eigenvalue weighted by molar-refractivity contribution is 0.414. The third kappa shape index (κ3) is 2.97. The van der Waals surface area contributed by atoms with Gasteiger partial charge in [-0.1, -0.05) is 12.1 Å². The van der Waals surface area contributed by atoms with E-state index in [9.17, 15) is 0 Å². The Balaban J connectivity index is 1.66. The van der Waals surface area contributed by atoms with Crippen LogP contribution >= 0.6 is 0 Å². The summed E-state index contributed by atoms with van der Waals surface area (Å²) >= 11 is 0. The van der Waals surface area contributed by atoms with E-state index in [1.165, 1.54) is 5.56 Å². The molecule has 5 nitrogen and oxygen atoms in total. The van der Waals surface area contributed by atoms with Crippen molar-refractivity contribution in [3.63, 3.8) is 0 Å². The Bertz CT molecular complexity index is 734. The number of nitrogens with zero attached hydrogens (tertiary/aromatic N) is 2. The van der Waals surface area contributed by atoms with Crippen LogP contribution in [0.25, 0.3) is 11.0 Å². The fourth-order valence-electron chi connectivity index (χ4n) is 2.33. The van der Waals surface area contributed by atoms with Crippen LogP contribution in [0.1, 0.15) is 11.3 Å². The molecule has 0 aliphatic rings. The van der Waals surface area contributed by atoms with Gasteiger partial charge in [0, 0.05) is 12.2 Å². The van der Waals surface area contributed by atoms with Crippen LogP contribution < -0.4 is 10.1 Å². The molecule has 0 spiro atoms. The van der Waals surface area contributed by atoms with Crippen molar-refractivity contribution in [1.82, 2.24) is 15.0 Å². The lowest BCUT2D eigenvalue weighted by atomic mass is 10.1. The molecule has 0 saturated carbocycles. The van der Waals surface area contributed by atoms with Crippen molar-refractivity contribution in [2.45, 2.75) is 13.3 Å². The second-order valence-corrected chi connectivity index (χ2v) is 4.96. The molecule has 1 aromatic carbocycles. The standard InChI is InChI=1S/C16H18N4O/c1-11-9-14-15(18-10-19-16(14)20-11)17-8-7-12-3-5-13(21-2)6-4-12/h3-6,9-10H,7-8H2,1-2H3,(H2,17,18,19,20). The number of ether oxygens (including phenoxy) is 1. The molecule has 0 bridgehead atoms. The Morgan fingerprint density at radius 1 is 1.19 bits per heavy atom. The van der Waals surface area contributed by atoms with E-state index in [1.54, 1.807) is 13.4 Å². The van der Waals surface area contributed by atoms with E-state index in [2.05, 4.69) is 38.5 Å². The first kappa shape index (κ1) is 13.4. The van der Waals surface area contributed by atoms with Crippen molar-refractivity contribution in [2.24, 2.45) is 0 Å². The molecule has 2 N–H and O–H groups in total. The first-order chi connectivity index (χ1) is 10.3. The Hall–Kier alpha value is -2.56. The molecule has 2 heterocycles. The zero-order valence-corrected chi connectivity index (χ0v) is 12.2. The number of aromatic nitrogens is 3. The summed E-state index contributed by atoms with van der Waals surface area (Å²) in [5, 5.41) is 4.41. The van der Waals surface area contributed by atoms with Crippen LogP contribution in [0.4, 0.5) is 5.82 Å². The van der Waals surface area contributed by atoms with Crippen LogP contribution in [0, 0.1) is 6.92 Å². The monoisotopic (exact) mass is 282 g/mol. The van der Waals surface area contributed by atoms with Gasteiger partial charge in [0.25, 0.3) is 0 Å². The Morgan fingerprint density at radius 2 is 2.00 bits per heavy atom. The molecule has 2 aromatic heterocycles. The third-order valence-electron chi connectivity index (χ3n) is 3.43. The van der Waals surface area contributed by atoms with E-state index in [4.69, 9.17) is 4.74 Å². The van der Waals surface area contributed by atoms with Gasteiger partial charge in [-0.15, -0.1) is 0 Å². The largest absolute Gasteiger partial charge is 0.497 e. The second kappa shape index (κ2) is 5.83. The molecule has 0 unspecified atom stereocenters. The maximum absolute atomic E-state index is 5.16. The summed E-state index contributed by atoms with van der Waals surface area (Å²) in [6.45, 7) is 2.84. The van der Waals surface area contributed by atoms with Crippen molar-refractivity contribution in [2.75, 3.05) is 19.0 Å². The quantitative estimate of drug-likeness (QED) is 0.755. The molecule has 0 aliphatic heterocycles. The fourth-order valence-corrected chi connectivity index (χ4v) is 2.33. The molecule has 21 heavy (non-hydrogen) atoms. The van der Waals surface area contributed by atoms with Gasteiger partial charge < -0.3 is 15.0 Å². The zero-order chi connectivity index (χ0) is 14.7. The summed E-state index contributed by atoms with van der Waals surface area (Å²) in [4.78, 5) is 11.8. The summed E-state index contributed by atoms with van der Waals surface area (Å²) in [5.74, 6) is 1.75. The van der Waals surface area contributed by atoms with Crippen LogP contribution in [0.5, 0.6) is 5.75 Å². The summed E-state index contributed by atoms with van der Waals surface area (Å²) < 4.78 is 5.16. The smallest absolute Gasteiger partial charge is 0.143 e. The minimum atomic E-state index is 0.822. The first-order valence-corrected chi connectivity index (χ1v) is 6.93. The maximum Gasteiger partial charge on any atom is 0.143 e. The molecule has 3 aromatic rings. The van der Waals surface area contributed by atoms with Gasteiger partial charge in [-0.2, -0.15) is 0 Å². The molecule has 3 rings (SSSR count). The van der Waals surface area contributed by atoms with Crippen molar-refractivity contribution < 1.29 is 4.74 Å². The number of rotatable bonds is 5. The molecular weight excluding hydrogens is 264 g/mol. The highest BCUT2D eigenvalue weighted by Crippen LogP contribution is 2.19. The lowest BCUT2D eigenvalue weighted by Gasteiger charge is -2.07. The Morgan fingerprint density at radius 3 is 2.76 bits per heavy atom.